The molecule has 0 saturated heterocycles. The van der Waals surface area contributed by atoms with Crippen LogP contribution in [0.15, 0.2) is 30.3 Å². The molecule has 0 aliphatic heterocycles. The highest BCUT2D eigenvalue weighted by Crippen LogP contribution is 2.06. The molecule has 0 radical (unpaired) electrons. The number of rotatable bonds is 1. The molecule has 0 saturated carbocycles. The van der Waals surface area contributed by atoms with Crippen molar-refractivity contribution in [2.75, 3.05) is 0 Å². The Hall–Kier alpha value is -1.38. The van der Waals surface area contributed by atoms with Gasteiger partial charge in [0.1, 0.15) is 0 Å². The van der Waals surface area contributed by atoms with Crippen LogP contribution >= 0.6 is 0 Å². The maximum atomic E-state index is 10.0. The second-order valence-electron chi connectivity index (χ2n) is 2.30. The Morgan fingerprint density at radius 1 is 1.25 bits per heavy atom. The third-order valence-electron chi connectivity index (χ3n) is 0.967. The summed E-state index contributed by atoms with van der Waals surface area (Å²) in [6, 6.07) is 7.93. The molecule has 0 bridgehead atoms. The van der Waals surface area contributed by atoms with E-state index in [1.165, 1.54) is 18.6 Å². The van der Waals surface area contributed by atoms with Gasteiger partial charge in [0.05, 0.1) is 4.92 Å². The molecule has 3 nitrogen and oxygen atoms in total. The van der Waals surface area contributed by atoms with Crippen LogP contribution in [-0.2, 0) is 0 Å². The van der Waals surface area contributed by atoms with Crippen LogP contribution in [0.2, 0.25) is 0 Å². The molecule has 1 aromatic rings. The molecule has 1 rings (SSSR count). The zero-order valence-corrected chi connectivity index (χ0v) is 7.36. The van der Waals surface area contributed by atoms with Gasteiger partial charge in [-0.15, -0.1) is 0 Å². The van der Waals surface area contributed by atoms with Crippen LogP contribution in [0, 0.1) is 10.1 Å². The minimum absolute atomic E-state index is 0.137. The summed E-state index contributed by atoms with van der Waals surface area (Å²) in [5.41, 5.74) is 0.137. The molecular weight excluding hydrogens is 154 g/mol. The van der Waals surface area contributed by atoms with E-state index in [9.17, 15) is 10.1 Å². The highest BCUT2D eigenvalue weighted by molar-refractivity contribution is 5.27. The van der Waals surface area contributed by atoms with Gasteiger partial charge in [-0.1, -0.05) is 38.5 Å². The van der Waals surface area contributed by atoms with Crippen molar-refractivity contribution >= 4 is 5.69 Å². The summed E-state index contributed by atoms with van der Waals surface area (Å²) >= 11 is 0. The first-order valence-corrected chi connectivity index (χ1v) is 3.91. The molecule has 0 heterocycles. The summed E-state index contributed by atoms with van der Waals surface area (Å²) in [7, 11) is 0. The van der Waals surface area contributed by atoms with Gasteiger partial charge >= 0.3 is 0 Å². The lowest BCUT2D eigenvalue weighted by Crippen LogP contribution is -1.84. The van der Waals surface area contributed by atoms with Gasteiger partial charge in [-0.2, -0.15) is 0 Å². The maximum Gasteiger partial charge on any atom is 0.269 e. The summed E-state index contributed by atoms with van der Waals surface area (Å²) in [5.74, 6) is 0. The Morgan fingerprint density at radius 2 is 1.67 bits per heavy atom. The highest BCUT2D eigenvalue weighted by Gasteiger charge is 1.98. The molecule has 0 fully saturated rings. The highest BCUT2D eigenvalue weighted by atomic mass is 16.6. The topological polar surface area (TPSA) is 43.1 Å². The van der Waals surface area contributed by atoms with Crippen LogP contribution in [0.3, 0.4) is 0 Å². The molecule has 12 heavy (non-hydrogen) atoms. The van der Waals surface area contributed by atoms with Crippen LogP contribution in [-0.4, -0.2) is 4.92 Å². The summed E-state index contributed by atoms with van der Waals surface area (Å²) in [5, 5.41) is 10.0. The van der Waals surface area contributed by atoms with E-state index in [4.69, 9.17) is 0 Å². The Kier molecular flexibility index (Phi) is 5.61. The van der Waals surface area contributed by atoms with Crippen LogP contribution in [0.25, 0.3) is 0 Å². The van der Waals surface area contributed by atoms with Crippen molar-refractivity contribution in [2.45, 2.75) is 20.3 Å². The SMILES string of the molecule is CCC.O=[N+]([O-])c1ccccc1. The van der Waals surface area contributed by atoms with Gasteiger partial charge in [0.2, 0.25) is 0 Å². The van der Waals surface area contributed by atoms with Crippen molar-refractivity contribution < 1.29 is 4.92 Å². The van der Waals surface area contributed by atoms with Gasteiger partial charge in [0.15, 0.2) is 0 Å². The second kappa shape index (κ2) is 6.34. The van der Waals surface area contributed by atoms with Crippen LogP contribution < -0.4 is 0 Å². The zero-order valence-electron chi connectivity index (χ0n) is 7.36. The average molecular weight is 167 g/mol. The van der Waals surface area contributed by atoms with Crippen LogP contribution in [0.4, 0.5) is 5.69 Å². The molecule has 0 atom stereocenters. The Bertz CT molecular complexity index is 221. The van der Waals surface area contributed by atoms with E-state index in [0.717, 1.165) is 0 Å². The van der Waals surface area contributed by atoms with Crippen molar-refractivity contribution in [3.63, 3.8) is 0 Å². The van der Waals surface area contributed by atoms with E-state index in [-0.39, 0.29) is 5.69 Å². The standard InChI is InChI=1S/C6H5NO2.C3H8/c8-7(9)6-4-2-1-3-5-6;1-3-2/h1-5H;3H2,1-2H3. The summed E-state index contributed by atoms with van der Waals surface area (Å²) in [6.45, 7) is 4.25. The summed E-state index contributed by atoms with van der Waals surface area (Å²) in [4.78, 5) is 9.59. The van der Waals surface area contributed by atoms with Gasteiger partial charge < -0.3 is 0 Å². The van der Waals surface area contributed by atoms with E-state index >= 15 is 0 Å². The molecule has 3 heteroatoms. The minimum atomic E-state index is -0.417. The van der Waals surface area contributed by atoms with Crippen LogP contribution in [0.5, 0.6) is 0 Å². The molecule has 0 amide bonds. The number of para-hydroxylation sites is 1. The predicted molar refractivity (Wildman–Crippen MR) is 49.1 cm³/mol. The fraction of sp³-hybridized carbons (Fsp3) is 0.333. The van der Waals surface area contributed by atoms with Crippen molar-refractivity contribution in [3.8, 4) is 0 Å². The lowest BCUT2D eigenvalue weighted by Gasteiger charge is -1.85. The minimum Gasteiger partial charge on any atom is -0.258 e. The van der Waals surface area contributed by atoms with Crippen molar-refractivity contribution in [2.24, 2.45) is 0 Å². The number of non-ortho nitro benzene ring substituents is 1. The number of benzene rings is 1. The van der Waals surface area contributed by atoms with Crippen molar-refractivity contribution in [1.29, 1.82) is 0 Å². The quantitative estimate of drug-likeness (QED) is 0.476. The van der Waals surface area contributed by atoms with Crippen LogP contribution in [0.1, 0.15) is 20.3 Å². The Morgan fingerprint density at radius 3 is 1.92 bits per heavy atom. The van der Waals surface area contributed by atoms with Gasteiger partial charge in [-0.3, -0.25) is 10.1 Å². The first kappa shape index (κ1) is 10.6. The molecule has 0 aliphatic carbocycles. The number of hydrogen-bond donors (Lipinski definition) is 0. The lowest BCUT2D eigenvalue weighted by molar-refractivity contribution is -0.384. The number of nitrogens with zero attached hydrogens (tertiary/aromatic N) is 1. The smallest absolute Gasteiger partial charge is 0.258 e. The number of hydrogen-bond acceptors (Lipinski definition) is 2. The summed E-state index contributed by atoms with van der Waals surface area (Å²) in [6.07, 6.45) is 1.25. The normalized spacial score (nSPS) is 8.17. The van der Waals surface area contributed by atoms with Crippen molar-refractivity contribution in [1.82, 2.24) is 0 Å². The van der Waals surface area contributed by atoms with Crippen molar-refractivity contribution in [3.05, 3.63) is 40.4 Å². The van der Waals surface area contributed by atoms with Gasteiger partial charge in [0, 0.05) is 12.1 Å². The summed E-state index contributed by atoms with van der Waals surface area (Å²) < 4.78 is 0. The molecule has 0 aliphatic rings. The molecular formula is C9H13NO2. The number of nitro groups is 1. The third-order valence-corrected chi connectivity index (χ3v) is 0.967. The molecule has 0 aromatic heterocycles. The molecule has 66 valence electrons. The fourth-order valence-electron chi connectivity index (χ4n) is 0.550. The van der Waals surface area contributed by atoms with E-state index in [0.29, 0.717) is 0 Å². The second-order valence-corrected chi connectivity index (χ2v) is 2.30. The Labute approximate surface area is 72.2 Å². The average Bonchev–Trinajstić information content (AvgIpc) is 2.07. The first-order chi connectivity index (χ1) is 5.72. The number of nitro benzene ring substituents is 1. The monoisotopic (exact) mass is 167 g/mol. The van der Waals surface area contributed by atoms with E-state index < -0.39 is 4.92 Å². The predicted octanol–water partition coefficient (Wildman–Crippen LogP) is 3.01. The lowest BCUT2D eigenvalue weighted by atomic mass is 10.3. The third kappa shape index (κ3) is 4.44. The fourth-order valence-corrected chi connectivity index (χ4v) is 0.550. The van der Waals surface area contributed by atoms with E-state index in [2.05, 4.69) is 13.8 Å². The molecule has 0 spiro atoms. The maximum absolute atomic E-state index is 10.0. The van der Waals surface area contributed by atoms with E-state index in [1.54, 1.807) is 18.2 Å². The van der Waals surface area contributed by atoms with Gasteiger partial charge in [0.25, 0.3) is 5.69 Å². The molecule has 0 N–H and O–H groups in total. The Balaban J connectivity index is 0.000000354. The first-order valence-electron chi connectivity index (χ1n) is 3.91. The molecule has 1 aromatic carbocycles. The van der Waals surface area contributed by atoms with E-state index in [1.807, 2.05) is 0 Å². The largest absolute Gasteiger partial charge is 0.269 e. The van der Waals surface area contributed by atoms with Gasteiger partial charge in [-0.05, 0) is 0 Å². The van der Waals surface area contributed by atoms with Gasteiger partial charge in [-0.25, -0.2) is 0 Å². The zero-order chi connectivity index (χ0) is 9.40. The molecule has 0 unspecified atom stereocenters.